The van der Waals surface area contributed by atoms with E-state index < -0.39 is 32.1 Å². The van der Waals surface area contributed by atoms with Gasteiger partial charge in [0, 0.05) is 0 Å². The van der Waals surface area contributed by atoms with Gasteiger partial charge in [0.05, 0.1) is 0 Å². The number of alkyl halides is 7. The zero-order chi connectivity index (χ0) is 11.8. The summed E-state index contributed by atoms with van der Waals surface area (Å²) in [5.41, 5.74) is 0. The van der Waals surface area contributed by atoms with Crippen LogP contribution in [0, 0.1) is 0 Å². The van der Waals surface area contributed by atoms with Crippen LogP contribution in [0.15, 0.2) is 0 Å². The Kier molecular flexibility index (Phi) is 3.86. The Morgan fingerprint density at radius 2 is 1.21 bits per heavy atom. The number of nitrogens with zero attached hydrogens (tertiary/aromatic N) is 1. The molecule has 1 nitrogen and oxygen atoms in total. The molecule has 0 heterocycles. The van der Waals surface area contributed by atoms with Crippen molar-refractivity contribution in [2.24, 2.45) is 0 Å². The second-order valence-corrected chi connectivity index (χ2v) is 5.48. The summed E-state index contributed by atoms with van der Waals surface area (Å²) in [7, 11) is 2.00. The standard InChI is InChI=1S/C5H6F7NSe/c1-13(2)14-5(11,12)3(6,7)4(8,9)10/h1-2H3. The third-order valence-electron chi connectivity index (χ3n) is 1.02. The van der Waals surface area contributed by atoms with Gasteiger partial charge in [0.25, 0.3) is 0 Å². The zero-order valence-electron chi connectivity index (χ0n) is 7.00. The molecule has 0 amide bonds. The quantitative estimate of drug-likeness (QED) is 0.568. The molecule has 0 aromatic carbocycles. The maximum atomic E-state index is 12.5. The number of rotatable bonds is 3. The molecule has 0 aliphatic heterocycles. The van der Waals surface area contributed by atoms with Crippen molar-refractivity contribution >= 4 is 15.2 Å². The molecule has 0 unspecified atom stereocenters. The third-order valence-corrected chi connectivity index (χ3v) is 2.80. The first kappa shape index (κ1) is 14.0. The Bertz CT molecular complexity index is 199. The van der Waals surface area contributed by atoms with Gasteiger partial charge in [-0.1, -0.05) is 0 Å². The van der Waals surface area contributed by atoms with E-state index in [0.29, 0.717) is 3.92 Å². The molecule has 0 rings (SSSR count). The van der Waals surface area contributed by atoms with Crippen molar-refractivity contribution in [2.45, 2.75) is 16.9 Å². The fraction of sp³-hybridized carbons (Fsp3) is 1.00. The Morgan fingerprint density at radius 1 is 0.857 bits per heavy atom. The molecule has 0 N–H and O–H groups in total. The van der Waals surface area contributed by atoms with Crippen LogP contribution in [0.1, 0.15) is 0 Å². The molecule has 0 aromatic heterocycles. The van der Waals surface area contributed by atoms with Crippen LogP contribution in [0.4, 0.5) is 30.7 Å². The van der Waals surface area contributed by atoms with E-state index in [4.69, 9.17) is 0 Å². The summed E-state index contributed by atoms with van der Waals surface area (Å²) in [6, 6.07) is 0. The Labute approximate surface area is 81.6 Å². The minimum absolute atomic E-state index is 0.618. The topological polar surface area (TPSA) is 3.24 Å². The van der Waals surface area contributed by atoms with Crippen LogP contribution in [0.5, 0.6) is 0 Å². The molecule has 0 fully saturated rings. The van der Waals surface area contributed by atoms with E-state index >= 15 is 0 Å². The van der Waals surface area contributed by atoms with Gasteiger partial charge in [-0.05, 0) is 0 Å². The van der Waals surface area contributed by atoms with Crippen LogP contribution >= 0.6 is 0 Å². The van der Waals surface area contributed by atoms with Crippen molar-refractivity contribution in [1.29, 1.82) is 0 Å². The number of halogens is 7. The summed E-state index contributed by atoms with van der Waals surface area (Å²) in [5, 5.41) is 0. The molecule has 0 aliphatic carbocycles. The molecule has 0 saturated heterocycles. The van der Waals surface area contributed by atoms with E-state index in [1.165, 1.54) is 0 Å². The van der Waals surface area contributed by atoms with Crippen LogP contribution in [-0.2, 0) is 0 Å². The van der Waals surface area contributed by atoms with Crippen molar-refractivity contribution in [1.82, 2.24) is 3.92 Å². The molecule has 9 heteroatoms. The minimum atomic E-state index is -6.23. The molecule has 0 aromatic rings. The van der Waals surface area contributed by atoms with Gasteiger partial charge in [-0.3, -0.25) is 0 Å². The number of hydrogen-bond donors (Lipinski definition) is 0. The number of hydrogen-bond acceptors (Lipinski definition) is 1. The van der Waals surface area contributed by atoms with Gasteiger partial charge in [0.15, 0.2) is 0 Å². The molecule has 0 saturated carbocycles. The van der Waals surface area contributed by atoms with Crippen molar-refractivity contribution in [3.05, 3.63) is 0 Å². The predicted molar refractivity (Wildman–Crippen MR) is 35.4 cm³/mol. The van der Waals surface area contributed by atoms with Crippen molar-refractivity contribution in [2.75, 3.05) is 14.1 Å². The Hall–Kier alpha value is -0.0105. The second-order valence-electron chi connectivity index (χ2n) is 2.49. The Balaban J connectivity index is 4.88. The Morgan fingerprint density at radius 3 is 1.43 bits per heavy atom. The molecule has 14 heavy (non-hydrogen) atoms. The zero-order valence-corrected chi connectivity index (χ0v) is 8.71. The molecule has 86 valence electrons. The van der Waals surface area contributed by atoms with Crippen LogP contribution in [-0.4, -0.2) is 50.1 Å². The summed E-state index contributed by atoms with van der Waals surface area (Å²) in [6.45, 7) is 0. The van der Waals surface area contributed by atoms with E-state index in [0.717, 1.165) is 14.1 Å². The van der Waals surface area contributed by atoms with Crippen LogP contribution in [0.2, 0.25) is 0 Å². The summed E-state index contributed by atoms with van der Waals surface area (Å²) in [6.07, 6.45) is -6.23. The molecule has 0 radical (unpaired) electrons. The first-order chi connectivity index (χ1) is 5.92. The van der Waals surface area contributed by atoms with Crippen molar-refractivity contribution in [3.8, 4) is 0 Å². The molecule has 0 spiro atoms. The van der Waals surface area contributed by atoms with Crippen molar-refractivity contribution in [3.63, 3.8) is 0 Å². The van der Waals surface area contributed by atoms with Gasteiger partial charge >= 0.3 is 80.8 Å². The fourth-order valence-corrected chi connectivity index (χ4v) is 1.90. The van der Waals surface area contributed by atoms with E-state index in [1.54, 1.807) is 0 Å². The van der Waals surface area contributed by atoms with E-state index in [-0.39, 0.29) is 0 Å². The van der Waals surface area contributed by atoms with Crippen molar-refractivity contribution < 1.29 is 30.7 Å². The first-order valence-electron chi connectivity index (χ1n) is 3.10. The van der Waals surface area contributed by atoms with E-state index in [1.807, 2.05) is 0 Å². The molecule has 0 atom stereocenters. The van der Waals surface area contributed by atoms with Gasteiger partial charge in [-0.25, -0.2) is 0 Å². The van der Waals surface area contributed by atoms with E-state index in [2.05, 4.69) is 0 Å². The summed E-state index contributed by atoms with van der Waals surface area (Å²) in [5.74, 6) is -5.98. The van der Waals surface area contributed by atoms with E-state index in [9.17, 15) is 30.7 Å². The monoisotopic (exact) mass is 293 g/mol. The maximum absolute atomic E-state index is 12.5. The first-order valence-corrected chi connectivity index (χ1v) is 4.73. The average molecular weight is 292 g/mol. The SMILES string of the molecule is CN(C)[Se]C(F)(F)C(F)(F)C(F)(F)F. The predicted octanol–water partition coefficient (Wildman–Crippen LogP) is 1.96. The molecule has 0 bridgehead atoms. The average Bonchev–Trinajstić information content (AvgIpc) is 1.80. The van der Waals surface area contributed by atoms with Crippen LogP contribution < -0.4 is 0 Å². The second kappa shape index (κ2) is 3.86. The summed E-state index contributed by atoms with van der Waals surface area (Å²) in [4.78, 5) is -5.07. The van der Waals surface area contributed by atoms with Crippen LogP contribution in [0.25, 0.3) is 0 Å². The van der Waals surface area contributed by atoms with Gasteiger partial charge in [-0.15, -0.1) is 0 Å². The normalized spacial score (nSPS) is 15.0. The summed E-state index contributed by atoms with van der Waals surface area (Å²) < 4.78 is 84.5. The van der Waals surface area contributed by atoms with Gasteiger partial charge in [0.2, 0.25) is 0 Å². The molecular weight excluding hydrogens is 286 g/mol. The van der Waals surface area contributed by atoms with Crippen LogP contribution in [0.3, 0.4) is 0 Å². The van der Waals surface area contributed by atoms with Gasteiger partial charge in [-0.2, -0.15) is 0 Å². The van der Waals surface area contributed by atoms with Gasteiger partial charge in [0.1, 0.15) is 0 Å². The third kappa shape index (κ3) is 2.74. The molecule has 0 aliphatic rings. The van der Waals surface area contributed by atoms with Gasteiger partial charge < -0.3 is 0 Å². The fourth-order valence-electron chi connectivity index (χ4n) is 0.452. The molecular formula is C5H6F7NSe. The summed E-state index contributed by atoms with van der Waals surface area (Å²) >= 11 is -2.26.